The number of nitrogens with one attached hydrogen (secondary N) is 1. The molecule has 0 saturated carbocycles. The molecule has 1 N–H and O–H groups in total. The minimum absolute atomic E-state index is 0.0934. The Hall–Kier alpha value is -2.37. The van der Waals surface area contributed by atoms with Gasteiger partial charge in [-0.3, -0.25) is 4.79 Å². The Morgan fingerprint density at radius 3 is 2.68 bits per heavy atom. The Balaban J connectivity index is 1.35. The van der Waals surface area contributed by atoms with Gasteiger partial charge < -0.3 is 14.8 Å². The van der Waals surface area contributed by atoms with Crippen molar-refractivity contribution in [3.63, 3.8) is 0 Å². The molecule has 0 spiro atoms. The maximum absolute atomic E-state index is 13.0. The molecule has 2 fully saturated rings. The van der Waals surface area contributed by atoms with E-state index in [0.717, 1.165) is 63.5 Å². The van der Waals surface area contributed by atoms with E-state index in [1.165, 1.54) is 0 Å². The molecule has 0 bridgehead atoms. The van der Waals surface area contributed by atoms with Crippen molar-refractivity contribution >= 4 is 11.7 Å². The summed E-state index contributed by atoms with van der Waals surface area (Å²) < 4.78 is 0. The first-order valence-electron chi connectivity index (χ1n) is 9.25. The lowest BCUT2D eigenvalue weighted by atomic mass is 9.92. The van der Waals surface area contributed by atoms with Gasteiger partial charge >= 0.3 is 0 Å². The number of imidazole rings is 1. The molecule has 132 valence electrons. The fraction of sp³-hybridized carbons (Fsp3) is 0.526. The lowest BCUT2D eigenvalue weighted by Gasteiger charge is -2.38. The van der Waals surface area contributed by atoms with Crippen LogP contribution in [-0.4, -0.2) is 51.9 Å². The molecule has 2 aromatic rings. The average molecular weight is 339 g/mol. The summed E-state index contributed by atoms with van der Waals surface area (Å²) in [4.78, 5) is 29.3. The van der Waals surface area contributed by atoms with E-state index in [1.54, 1.807) is 6.20 Å². The number of carbonyl (C=O) groups excluding carboxylic acids is 1. The van der Waals surface area contributed by atoms with Crippen LogP contribution in [0.5, 0.6) is 0 Å². The molecule has 0 aromatic carbocycles. The third kappa shape index (κ3) is 3.52. The Bertz CT molecular complexity index is 679. The number of anilines is 1. The largest absolute Gasteiger partial charge is 0.356 e. The molecule has 4 rings (SSSR count). The van der Waals surface area contributed by atoms with Crippen molar-refractivity contribution in [1.29, 1.82) is 0 Å². The van der Waals surface area contributed by atoms with Gasteiger partial charge in [-0.25, -0.2) is 9.97 Å². The van der Waals surface area contributed by atoms with Gasteiger partial charge in [0.2, 0.25) is 5.91 Å². The Kier molecular flexibility index (Phi) is 4.68. The smallest absolute Gasteiger partial charge is 0.227 e. The van der Waals surface area contributed by atoms with Crippen LogP contribution >= 0.6 is 0 Å². The van der Waals surface area contributed by atoms with Crippen molar-refractivity contribution in [1.82, 2.24) is 19.9 Å². The monoisotopic (exact) mass is 339 g/mol. The van der Waals surface area contributed by atoms with Crippen LogP contribution in [0.3, 0.4) is 0 Å². The quantitative estimate of drug-likeness (QED) is 0.933. The van der Waals surface area contributed by atoms with Crippen molar-refractivity contribution in [2.24, 2.45) is 5.92 Å². The zero-order valence-corrected chi connectivity index (χ0v) is 14.5. The fourth-order valence-electron chi connectivity index (χ4n) is 4.06. The summed E-state index contributed by atoms with van der Waals surface area (Å²) in [6.07, 6.45) is 9.53. The van der Waals surface area contributed by atoms with Gasteiger partial charge in [0, 0.05) is 50.7 Å². The highest BCUT2D eigenvalue weighted by molar-refractivity contribution is 5.79. The molecule has 0 aliphatic carbocycles. The molecule has 6 nitrogen and oxygen atoms in total. The van der Waals surface area contributed by atoms with Crippen LogP contribution in [0.1, 0.15) is 37.4 Å². The second-order valence-electron chi connectivity index (χ2n) is 7.05. The normalized spacial score (nSPS) is 22.2. The number of aromatic nitrogens is 3. The van der Waals surface area contributed by atoms with Crippen LogP contribution in [-0.2, 0) is 4.79 Å². The summed E-state index contributed by atoms with van der Waals surface area (Å²) in [5, 5.41) is 0. The SMILES string of the molecule is O=C(C1CCCN(c2ccccn2)C1)N1CCC(c2ncc[nH]2)CC1. The van der Waals surface area contributed by atoms with Crippen LogP contribution < -0.4 is 4.90 Å². The van der Waals surface area contributed by atoms with E-state index < -0.39 is 0 Å². The number of H-pyrrole nitrogens is 1. The number of hydrogen-bond donors (Lipinski definition) is 1. The standard InChI is InChI=1S/C19H25N5O/c25-19(23-12-6-15(7-13-23)18-21-9-10-22-18)16-4-3-11-24(14-16)17-5-1-2-8-20-17/h1-2,5,8-10,15-16H,3-4,6-7,11-14H2,(H,21,22). The molecule has 1 atom stereocenters. The molecule has 1 amide bonds. The van der Waals surface area contributed by atoms with Crippen molar-refractivity contribution in [3.05, 3.63) is 42.6 Å². The topological polar surface area (TPSA) is 65.1 Å². The van der Waals surface area contributed by atoms with E-state index in [-0.39, 0.29) is 5.92 Å². The summed E-state index contributed by atoms with van der Waals surface area (Å²) in [6, 6.07) is 5.97. The molecule has 2 saturated heterocycles. The molecule has 25 heavy (non-hydrogen) atoms. The number of hydrogen-bond acceptors (Lipinski definition) is 4. The first-order valence-corrected chi connectivity index (χ1v) is 9.25. The molecule has 6 heteroatoms. The number of amides is 1. The summed E-state index contributed by atoms with van der Waals surface area (Å²) >= 11 is 0. The second kappa shape index (κ2) is 7.25. The maximum Gasteiger partial charge on any atom is 0.227 e. The van der Waals surface area contributed by atoms with Crippen LogP contribution in [0.2, 0.25) is 0 Å². The van der Waals surface area contributed by atoms with Gasteiger partial charge in [0.05, 0.1) is 5.92 Å². The van der Waals surface area contributed by atoms with Crippen molar-refractivity contribution < 1.29 is 4.79 Å². The number of likely N-dealkylation sites (tertiary alicyclic amines) is 1. The number of aromatic amines is 1. The second-order valence-corrected chi connectivity index (χ2v) is 7.05. The molecular weight excluding hydrogens is 314 g/mol. The van der Waals surface area contributed by atoms with Gasteiger partial charge in [-0.2, -0.15) is 0 Å². The molecule has 2 aromatic heterocycles. The summed E-state index contributed by atoms with van der Waals surface area (Å²) in [7, 11) is 0. The zero-order chi connectivity index (χ0) is 17.1. The third-order valence-corrected chi connectivity index (χ3v) is 5.46. The summed E-state index contributed by atoms with van der Waals surface area (Å²) in [5.74, 6) is 2.91. The van der Waals surface area contributed by atoms with E-state index in [1.807, 2.05) is 30.6 Å². The first-order chi connectivity index (χ1) is 12.3. The zero-order valence-electron chi connectivity index (χ0n) is 14.5. The highest BCUT2D eigenvalue weighted by Gasteiger charge is 2.32. The highest BCUT2D eigenvalue weighted by Crippen LogP contribution is 2.28. The lowest BCUT2D eigenvalue weighted by molar-refractivity contribution is -0.136. The summed E-state index contributed by atoms with van der Waals surface area (Å²) in [5.41, 5.74) is 0. The highest BCUT2D eigenvalue weighted by atomic mass is 16.2. The van der Waals surface area contributed by atoms with Crippen molar-refractivity contribution in [2.45, 2.75) is 31.6 Å². The molecule has 4 heterocycles. The molecular formula is C19H25N5O. The van der Waals surface area contributed by atoms with Gasteiger partial charge in [-0.1, -0.05) is 6.07 Å². The number of rotatable bonds is 3. The number of piperidine rings is 2. The van der Waals surface area contributed by atoms with Crippen LogP contribution in [0.15, 0.2) is 36.8 Å². The van der Waals surface area contributed by atoms with Crippen molar-refractivity contribution in [2.75, 3.05) is 31.1 Å². The average Bonchev–Trinajstić information content (AvgIpc) is 3.23. The van der Waals surface area contributed by atoms with Crippen molar-refractivity contribution in [3.8, 4) is 0 Å². The van der Waals surface area contributed by atoms with E-state index in [0.29, 0.717) is 11.8 Å². The predicted molar refractivity (Wildman–Crippen MR) is 96.3 cm³/mol. The minimum atomic E-state index is 0.0934. The van der Waals surface area contributed by atoms with Gasteiger partial charge in [0.25, 0.3) is 0 Å². The van der Waals surface area contributed by atoms with Gasteiger partial charge in [-0.05, 0) is 37.8 Å². The number of nitrogens with zero attached hydrogens (tertiary/aromatic N) is 4. The Morgan fingerprint density at radius 1 is 1.08 bits per heavy atom. The van der Waals surface area contributed by atoms with Crippen LogP contribution in [0, 0.1) is 5.92 Å². The van der Waals surface area contributed by atoms with E-state index in [4.69, 9.17) is 0 Å². The Morgan fingerprint density at radius 2 is 1.96 bits per heavy atom. The van der Waals surface area contributed by atoms with Crippen LogP contribution in [0.4, 0.5) is 5.82 Å². The van der Waals surface area contributed by atoms with Crippen LogP contribution in [0.25, 0.3) is 0 Å². The van der Waals surface area contributed by atoms with E-state index in [2.05, 4.69) is 24.8 Å². The molecule has 1 unspecified atom stereocenters. The van der Waals surface area contributed by atoms with Gasteiger partial charge in [0.15, 0.2) is 0 Å². The maximum atomic E-state index is 13.0. The lowest BCUT2D eigenvalue weighted by Crippen LogP contribution is -2.47. The molecule has 0 radical (unpaired) electrons. The minimum Gasteiger partial charge on any atom is -0.356 e. The third-order valence-electron chi connectivity index (χ3n) is 5.46. The first kappa shape index (κ1) is 16.1. The predicted octanol–water partition coefficient (Wildman–Crippen LogP) is 2.43. The molecule has 2 aliphatic heterocycles. The van der Waals surface area contributed by atoms with Gasteiger partial charge in [-0.15, -0.1) is 0 Å². The Labute approximate surface area is 148 Å². The number of carbonyl (C=O) groups is 1. The number of pyridine rings is 1. The fourth-order valence-corrected chi connectivity index (χ4v) is 4.06. The molecule has 2 aliphatic rings. The summed E-state index contributed by atoms with van der Waals surface area (Å²) in [6.45, 7) is 3.45. The van der Waals surface area contributed by atoms with Gasteiger partial charge in [0.1, 0.15) is 11.6 Å². The van der Waals surface area contributed by atoms with E-state index >= 15 is 0 Å². The van der Waals surface area contributed by atoms with E-state index in [9.17, 15) is 4.79 Å².